The number of nitrogens with one attached hydrogen (secondary N) is 1. The van der Waals surface area contributed by atoms with Gasteiger partial charge in [-0.15, -0.1) is 0 Å². The van der Waals surface area contributed by atoms with Crippen LogP contribution in [0.4, 0.5) is 5.69 Å². The molecule has 1 unspecified atom stereocenters. The van der Waals surface area contributed by atoms with E-state index < -0.39 is 28.7 Å². The van der Waals surface area contributed by atoms with E-state index in [-0.39, 0.29) is 18.5 Å². The van der Waals surface area contributed by atoms with Crippen LogP contribution >= 0.6 is 0 Å². The van der Waals surface area contributed by atoms with Gasteiger partial charge in [-0.05, 0) is 63.3 Å². The quantitative estimate of drug-likeness (QED) is 0.490. The predicted molar refractivity (Wildman–Crippen MR) is 152 cm³/mol. The Morgan fingerprint density at radius 2 is 1.63 bits per heavy atom. The van der Waals surface area contributed by atoms with Gasteiger partial charge in [0.15, 0.2) is 0 Å². The summed E-state index contributed by atoms with van der Waals surface area (Å²) in [6, 6.07) is 12.6. The first-order chi connectivity index (χ1) is 17.9. The van der Waals surface area contributed by atoms with Crippen molar-refractivity contribution in [2.24, 2.45) is 0 Å². The van der Waals surface area contributed by atoms with Gasteiger partial charge in [0.1, 0.15) is 12.6 Å². The molecule has 9 heteroatoms. The average Bonchev–Trinajstić information content (AvgIpc) is 2.87. The van der Waals surface area contributed by atoms with Gasteiger partial charge in [-0.25, -0.2) is 4.31 Å². The third-order valence-corrected chi connectivity index (χ3v) is 9.01. The van der Waals surface area contributed by atoms with Gasteiger partial charge < -0.3 is 10.2 Å². The highest BCUT2D eigenvalue weighted by Crippen LogP contribution is 2.26. The van der Waals surface area contributed by atoms with Gasteiger partial charge in [0.05, 0.1) is 5.69 Å². The lowest BCUT2D eigenvalue weighted by molar-refractivity contribution is -0.139. The summed E-state index contributed by atoms with van der Waals surface area (Å²) in [6.45, 7) is 7.17. The number of rotatable bonds is 10. The highest BCUT2D eigenvalue weighted by molar-refractivity contribution is 7.90. The Kier molecular flexibility index (Phi) is 9.95. The number of carbonyl (C=O) groups excluding carboxylic acids is 2. The van der Waals surface area contributed by atoms with E-state index in [1.807, 2.05) is 57.2 Å². The molecular formula is C29H42N4O4S. The van der Waals surface area contributed by atoms with Crippen LogP contribution < -0.4 is 9.62 Å². The van der Waals surface area contributed by atoms with Gasteiger partial charge in [0, 0.05) is 26.7 Å². The van der Waals surface area contributed by atoms with Crippen molar-refractivity contribution in [2.75, 3.05) is 24.9 Å². The van der Waals surface area contributed by atoms with Gasteiger partial charge >= 0.3 is 10.2 Å². The van der Waals surface area contributed by atoms with Crippen LogP contribution in [-0.4, -0.2) is 62.2 Å². The predicted octanol–water partition coefficient (Wildman–Crippen LogP) is 4.09. The molecule has 2 aromatic carbocycles. The Morgan fingerprint density at radius 1 is 0.974 bits per heavy atom. The fourth-order valence-electron chi connectivity index (χ4n) is 4.85. The molecule has 0 spiro atoms. The van der Waals surface area contributed by atoms with Gasteiger partial charge in [0.2, 0.25) is 11.8 Å². The maximum absolute atomic E-state index is 13.9. The first kappa shape index (κ1) is 29.6. The molecule has 2 aromatic rings. The number of hydrogen-bond donors (Lipinski definition) is 1. The van der Waals surface area contributed by atoms with E-state index in [0.717, 1.165) is 56.5 Å². The molecule has 0 heterocycles. The second-order valence-corrected chi connectivity index (χ2v) is 12.7. The van der Waals surface area contributed by atoms with Crippen LogP contribution in [0.25, 0.3) is 0 Å². The van der Waals surface area contributed by atoms with Crippen LogP contribution in [0.3, 0.4) is 0 Å². The molecule has 0 radical (unpaired) electrons. The lowest BCUT2D eigenvalue weighted by Gasteiger charge is -2.34. The number of anilines is 1. The van der Waals surface area contributed by atoms with Crippen molar-refractivity contribution in [3.8, 4) is 0 Å². The molecule has 3 rings (SSSR count). The van der Waals surface area contributed by atoms with Crippen molar-refractivity contribution in [2.45, 2.75) is 78.4 Å². The summed E-state index contributed by atoms with van der Waals surface area (Å²) in [6.07, 6.45) is 5.21. The highest BCUT2D eigenvalue weighted by Gasteiger charge is 2.34. The summed E-state index contributed by atoms with van der Waals surface area (Å²) in [7, 11) is -1.10. The molecule has 1 aliphatic carbocycles. The summed E-state index contributed by atoms with van der Waals surface area (Å²) in [5.74, 6) is -0.657. The van der Waals surface area contributed by atoms with E-state index in [0.29, 0.717) is 5.69 Å². The lowest BCUT2D eigenvalue weighted by atomic mass is 9.95. The Hall–Kier alpha value is -2.91. The van der Waals surface area contributed by atoms with Crippen LogP contribution in [0.2, 0.25) is 0 Å². The molecule has 0 aromatic heterocycles. The van der Waals surface area contributed by atoms with Crippen molar-refractivity contribution in [3.05, 3.63) is 64.7 Å². The van der Waals surface area contributed by atoms with E-state index in [1.165, 1.54) is 25.4 Å². The van der Waals surface area contributed by atoms with Crippen molar-refractivity contribution in [1.29, 1.82) is 0 Å². The zero-order valence-electron chi connectivity index (χ0n) is 23.5. The van der Waals surface area contributed by atoms with Crippen molar-refractivity contribution >= 4 is 27.7 Å². The third kappa shape index (κ3) is 7.35. The molecule has 0 bridgehead atoms. The minimum Gasteiger partial charge on any atom is -0.352 e. The maximum Gasteiger partial charge on any atom is 0.304 e. The van der Waals surface area contributed by atoms with E-state index in [1.54, 1.807) is 13.0 Å². The molecule has 1 N–H and O–H groups in total. The number of nitrogens with zero attached hydrogens (tertiary/aromatic N) is 3. The number of hydrogen-bond acceptors (Lipinski definition) is 4. The summed E-state index contributed by atoms with van der Waals surface area (Å²) < 4.78 is 29.1. The van der Waals surface area contributed by atoms with Crippen LogP contribution in [0.1, 0.15) is 61.3 Å². The molecule has 208 valence electrons. The standard InChI is InChI=1S/C29H42N4O4S/c1-21-11-10-12-25(17-21)19-32(24(4)29(35)30-26-13-8-7-9-14-26)28(34)20-33(38(36,37)31(5)6)27-18-22(2)15-16-23(27)3/h10-12,15-18,24,26H,7-9,13-14,19-20H2,1-6H3,(H,30,35). The second kappa shape index (κ2) is 12.8. The van der Waals surface area contributed by atoms with Crippen LogP contribution in [0.15, 0.2) is 42.5 Å². The van der Waals surface area contributed by atoms with Gasteiger partial charge in [-0.1, -0.05) is 61.2 Å². The van der Waals surface area contributed by atoms with Crippen molar-refractivity contribution < 1.29 is 18.0 Å². The molecule has 0 saturated heterocycles. The molecule has 1 fully saturated rings. The second-order valence-electron chi connectivity index (χ2n) is 10.6. The van der Waals surface area contributed by atoms with Gasteiger partial charge in [0.25, 0.3) is 0 Å². The summed E-state index contributed by atoms with van der Waals surface area (Å²) >= 11 is 0. The molecule has 1 aliphatic rings. The first-order valence-corrected chi connectivity index (χ1v) is 14.7. The number of benzene rings is 2. The minimum absolute atomic E-state index is 0.107. The molecule has 8 nitrogen and oxygen atoms in total. The van der Waals surface area contributed by atoms with Crippen molar-refractivity contribution in [1.82, 2.24) is 14.5 Å². The van der Waals surface area contributed by atoms with Crippen LogP contribution in [-0.2, 0) is 26.3 Å². The zero-order chi connectivity index (χ0) is 28.0. The molecule has 1 saturated carbocycles. The number of carbonyl (C=O) groups is 2. The van der Waals surface area contributed by atoms with E-state index in [4.69, 9.17) is 0 Å². The fraction of sp³-hybridized carbons (Fsp3) is 0.517. The SMILES string of the molecule is Cc1cccc(CN(C(=O)CN(c2cc(C)ccc2C)S(=O)(=O)N(C)C)C(C)C(=O)NC2CCCCC2)c1. The summed E-state index contributed by atoms with van der Waals surface area (Å²) in [4.78, 5) is 28.8. The van der Waals surface area contributed by atoms with Crippen LogP contribution in [0, 0.1) is 20.8 Å². The number of amides is 2. The lowest BCUT2D eigenvalue weighted by Crippen LogP contribution is -2.53. The average molecular weight is 543 g/mol. The summed E-state index contributed by atoms with van der Waals surface area (Å²) in [5, 5.41) is 3.13. The zero-order valence-corrected chi connectivity index (χ0v) is 24.3. The molecule has 1 atom stereocenters. The molecular weight excluding hydrogens is 500 g/mol. The highest BCUT2D eigenvalue weighted by atomic mass is 32.2. The third-order valence-electron chi connectivity index (χ3n) is 7.21. The smallest absolute Gasteiger partial charge is 0.304 e. The Bertz CT molecular complexity index is 1240. The first-order valence-electron chi connectivity index (χ1n) is 13.3. The van der Waals surface area contributed by atoms with Gasteiger partial charge in [-0.2, -0.15) is 12.7 Å². The largest absolute Gasteiger partial charge is 0.352 e. The topological polar surface area (TPSA) is 90.0 Å². The van der Waals surface area contributed by atoms with Gasteiger partial charge in [-0.3, -0.25) is 9.59 Å². The summed E-state index contributed by atoms with van der Waals surface area (Å²) in [5.41, 5.74) is 3.99. The fourth-order valence-corrected chi connectivity index (χ4v) is 5.96. The number of aryl methyl sites for hydroxylation is 3. The van der Waals surface area contributed by atoms with Crippen molar-refractivity contribution in [3.63, 3.8) is 0 Å². The van der Waals surface area contributed by atoms with Crippen LogP contribution in [0.5, 0.6) is 0 Å². The van der Waals surface area contributed by atoms with E-state index in [9.17, 15) is 18.0 Å². The maximum atomic E-state index is 13.9. The van der Waals surface area contributed by atoms with E-state index in [2.05, 4.69) is 5.32 Å². The Morgan fingerprint density at radius 3 is 2.26 bits per heavy atom. The normalized spacial score (nSPS) is 15.2. The molecule has 2 amide bonds. The molecule has 38 heavy (non-hydrogen) atoms. The van der Waals surface area contributed by atoms with E-state index >= 15 is 0 Å². The Balaban J connectivity index is 1.95. The molecule has 0 aliphatic heterocycles. The monoisotopic (exact) mass is 542 g/mol. The minimum atomic E-state index is -3.99. The Labute approximate surface area is 228 Å².